The van der Waals surface area contributed by atoms with Gasteiger partial charge in [0.1, 0.15) is 0 Å². The molecule has 0 saturated carbocycles. The fraction of sp³-hybridized carbons (Fsp3) is 0.385. The summed E-state index contributed by atoms with van der Waals surface area (Å²) in [6.07, 6.45) is 0. The highest BCUT2D eigenvalue weighted by Gasteiger charge is 2.26. The molecule has 0 atom stereocenters. The van der Waals surface area contributed by atoms with Crippen LogP contribution in [0.1, 0.15) is 18.1 Å². The summed E-state index contributed by atoms with van der Waals surface area (Å²) in [6, 6.07) is 6.11. The van der Waals surface area contributed by atoms with Crippen molar-refractivity contribution in [3.8, 4) is 0 Å². The minimum atomic E-state index is 0.153. The van der Waals surface area contributed by atoms with E-state index in [9.17, 15) is 4.79 Å². The monoisotopic (exact) mass is 248 g/mol. The second-order valence-corrected chi connectivity index (χ2v) is 5.03. The predicted molar refractivity (Wildman–Crippen MR) is 72.9 cm³/mol. The van der Waals surface area contributed by atoms with Crippen LogP contribution in [0.5, 0.6) is 0 Å². The highest BCUT2D eigenvalue weighted by Crippen LogP contribution is 2.24. The average molecular weight is 248 g/mol. The van der Waals surface area contributed by atoms with Crippen LogP contribution in [0.15, 0.2) is 23.2 Å². The Bertz CT molecular complexity index is 482. The Kier molecular flexibility index (Phi) is 3.52. The van der Waals surface area contributed by atoms with Gasteiger partial charge in [0.05, 0.1) is 11.4 Å². The zero-order valence-corrected chi connectivity index (χ0v) is 11.2. The molecule has 0 aromatic heterocycles. The number of benzene rings is 1. The zero-order valence-electron chi connectivity index (χ0n) is 10.4. The number of amides is 1. The number of rotatable bonds is 2. The van der Waals surface area contributed by atoms with Crippen LogP contribution in [0.3, 0.4) is 0 Å². The Balaban J connectivity index is 2.29. The summed E-state index contributed by atoms with van der Waals surface area (Å²) < 4.78 is 0. The van der Waals surface area contributed by atoms with E-state index in [0.717, 1.165) is 10.9 Å². The molecule has 90 valence electrons. The van der Waals surface area contributed by atoms with E-state index >= 15 is 0 Å². The number of hydrogen-bond donors (Lipinski definition) is 0. The highest BCUT2D eigenvalue weighted by molar-refractivity contribution is 8.15. The molecule has 0 N–H and O–H groups in total. The quantitative estimate of drug-likeness (QED) is 0.806. The summed E-state index contributed by atoms with van der Waals surface area (Å²) in [7, 11) is 0. The molecule has 1 aliphatic heterocycles. The lowest BCUT2D eigenvalue weighted by atomic mass is 10.1. The van der Waals surface area contributed by atoms with Crippen LogP contribution in [-0.2, 0) is 4.79 Å². The molecule has 0 unspecified atom stereocenters. The first-order chi connectivity index (χ1) is 8.11. The number of hydrogen-bond acceptors (Lipinski definition) is 3. The smallest absolute Gasteiger partial charge is 0.239 e. The summed E-state index contributed by atoms with van der Waals surface area (Å²) in [5.74, 6) is 0.664. The topological polar surface area (TPSA) is 32.7 Å². The van der Waals surface area contributed by atoms with Gasteiger partial charge in [0.15, 0.2) is 5.17 Å². The molecule has 1 aromatic rings. The van der Waals surface area contributed by atoms with Crippen molar-refractivity contribution in [2.75, 3.05) is 12.3 Å². The number of aliphatic imine (C=N–C) groups is 1. The SMILES string of the molecule is CCN1C(=O)CSC1=Nc1ccc(C)c(C)c1. The Morgan fingerprint density at radius 1 is 1.35 bits per heavy atom. The predicted octanol–water partition coefficient (Wildman–Crippen LogP) is 2.89. The van der Waals surface area contributed by atoms with Crippen LogP contribution in [0.2, 0.25) is 0 Å². The molecule has 0 aliphatic carbocycles. The minimum Gasteiger partial charge on any atom is -0.291 e. The lowest BCUT2D eigenvalue weighted by Gasteiger charge is -2.12. The number of aryl methyl sites for hydroxylation is 2. The fourth-order valence-corrected chi connectivity index (χ4v) is 2.66. The van der Waals surface area contributed by atoms with E-state index in [1.165, 1.54) is 22.9 Å². The Labute approximate surface area is 106 Å². The van der Waals surface area contributed by atoms with Crippen molar-refractivity contribution in [1.29, 1.82) is 0 Å². The van der Waals surface area contributed by atoms with Crippen molar-refractivity contribution in [1.82, 2.24) is 4.90 Å². The molecule has 1 amide bonds. The van der Waals surface area contributed by atoms with Gasteiger partial charge >= 0.3 is 0 Å². The first kappa shape index (κ1) is 12.2. The third kappa shape index (κ3) is 2.52. The molecule has 0 bridgehead atoms. The average Bonchev–Trinajstić information content (AvgIpc) is 2.64. The van der Waals surface area contributed by atoms with E-state index < -0.39 is 0 Å². The van der Waals surface area contributed by atoms with E-state index in [1.807, 2.05) is 13.0 Å². The fourth-order valence-electron chi connectivity index (χ4n) is 1.70. The first-order valence-electron chi connectivity index (χ1n) is 5.71. The van der Waals surface area contributed by atoms with Crippen LogP contribution in [0, 0.1) is 13.8 Å². The van der Waals surface area contributed by atoms with Gasteiger partial charge in [-0.25, -0.2) is 4.99 Å². The second-order valence-electron chi connectivity index (χ2n) is 4.09. The summed E-state index contributed by atoms with van der Waals surface area (Å²) in [5, 5.41) is 0.820. The van der Waals surface area contributed by atoms with E-state index in [0.29, 0.717) is 12.3 Å². The van der Waals surface area contributed by atoms with Crippen LogP contribution in [-0.4, -0.2) is 28.3 Å². The van der Waals surface area contributed by atoms with Crippen molar-refractivity contribution in [3.05, 3.63) is 29.3 Å². The van der Waals surface area contributed by atoms with Gasteiger partial charge in [-0.2, -0.15) is 0 Å². The molecule has 2 rings (SSSR count). The standard InChI is InChI=1S/C13H16N2OS/c1-4-15-12(16)8-17-13(15)14-11-6-5-9(2)10(3)7-11/h5-7H,4,8H2,1-3H3. The first-order valence-corrected chi connectivity index (χ1v) is 6.69. The summed E-state index contributed by atoms with van der Waals surface area (Å²) in [5.41, 5.74) is 3.41. The van der Waals surface area contributed by atoms with Crippen molar-refractivity contribution in [3.63, 3.8) is 0 Å². The van der Waals surface area contributed by atoms with Gasteiger partial charge in [-0.1, -0.05) is 17.8 Å². The zero-order chi connectivity index (χ0) is 12.4. The Morgan fingerprint density at radius 2 is 2.12 bits per heavy atom. The van der Waals surface area contributed by atoms with Crippen molar-refractivity contribution < 1.29 is 4.79 Å². The van der Waals surface area contributed by atoms with Gasteiger partial charge in [-0.15, -0.1) is 0 Å². The number of thioether (sulfide) groups is 1. The van der Waals surface area contributed by atoms with Crippen molar-refractivity contribution >= 4 is 28.5 Å². The molecule has 0 spiro atoms. The van der Waals surface area contributed by atoms with Crippen LogP contribution >= 0.6 is 11.8 Å². The molecule has 17 heavy (non-hydrogen) atoms. The lowest BCUT2D eigenvalue weighted by Crippen LogP contribution is -2.28. The normalized spacial score (nSPS) is 18.2. The lowest BCUT2D eigenvalue weighted by molar-refractivity contribution is -0.123. The summed E-state index contributed by atoms with van der Waals surface area (Å²) in [6.45, 7) is 6.82. The van der Waals surface area contributed by atoms with Gasteiger partial charge in [0, 0.05) is 6.54 Å². The number of amidine groups is 1. The molecule has 1 fully saturated rings. The third-order valence-electron chi connectivity index (χ3n) is 2.89. The van der Waals surface area contributed by atoms with Gasteiger partial charge in [0.25, 0.3) is 0 Å². The molecule has 4 heteroatoms. The Morgan fingerprint density at radius 3 is 2.76 bits per heavy atom. The van der Waals surface area contributed by atoms with Gasteiger partial charge in [-0.05, 0) is 44.0 Å². The second kappa shape index (κ2) is 4.92. The molecule has 3 nitrogen and oxygen atoms in total. The van der Waals surface area contributed by atoms with Crippen LogP contribution in [0.4, 0.5) is 5.69 Å². The van der Waals surface area contributed by atoms with Gasteiger partial charge in [-0.3, -0.25) is 9.69 Å². The number of carbonyl (C=O) groups is 1. The maximum atomic E-state index is 11.6. The van der Waals surface area contributed by atoms with Crippen LogP contribution in [0.25, 0.3) is 0 Å². The maximum absolute atomic E-state index is 11.6. The maximum Gasteiger partial charge on any atom is 0.239 e. The minimum absolute atomic E-state index is 0.153. The molecular weight excluding hydrogens is 232 g/mol. The number of carbonyl (C=O) groups excluding carboxylic acids is 1. The van der Waals surface area contributed by atoms with E-state index in [4.69, 9.17) is 0 Å². The van der Waals surface area contributed by atoms with Gasteiger partial charge < -0.3 is 0 Å². The largest absolute Gasteiger partial charge is 0.291 e. The van der Waals surface area contributed by atoms with Crippen molar-refractivity contribution in [2.24, 2.45) is 4.99 Å². The molecule has 1 aliphatic rings. The van der Waals surface area contributed by atoms with E-state index in [-0.39, 0.29) is 5.91 Å². The third-order valence-corrected chi connectivity index (χ3v) is 3.85. The summed E-state index contributed by atoms with van der Waals surface area (Å²) >= 11 is 1.51. The van der Waals surface area contributed by atoms with E-state index in [1.54, 1.807) is 4.90 Å². The molecule has 1 aromatic carbocycles. The Hall–Kier alpha value is -1.29. The summed E-state index contributed by atoms with van der Waals surface area (Å²) in [4.78, 5) is 17.8. The van der Waals surface area contributed by atoms with Crippen molar-refractivity contribution in [2.45, 2.75) is 20.8 Å². The highest BCUT2D eigenvalue weighted by atomic mass is 32.2. The number of nitrogens with zero attached hydrogens (tertiary/aromatic N) is 2. The molecular formula is C13H16N2OS. The molecule has 1 heterocycles. The molecule has 0 radical (unpaired) electrons. The van der Waals surface area contributed by atoms with Gasteiger partial charge in [0.2, 0.25) is 5.91 Å². The van der Waals surface area contributed by atoms with E-state index in [2.05, 4.69) is 31.0 Å². The molecule has 1 saturated heterocycles. The van der Waals surface area contributed by atoms with Crippen LogP contribution < -0.4 is 0 Å².